The molecular formula is C15H23N2O. The lowest BCUT2D eigenvalue weighted by Crippen LogP contribution is -2.36. The predicted octanol–water partition coefficient (Wildman–Crippen LogP) is 1.96. The molecular weight excluding hydrogens is 224 g/mol. The molecule has 0 bridgehead atoms. The first-order valence-electron chi connectivity index (χ1n) is 7.34. The van der Waals surface area contributed by atoms with Gasteiger partial charge in [-0.1, -0.05) is 0 Å². The van der Waals surface area contributed by atoms with E-state index in [2.05, 4.69) is 16.1 Å². The van der Waals surface area contributed by atoms with Gasteiger partial charge < -0.3 is 9.72 Å². The van der Waals surface area contributed by atoms with Gasteiger partial charge in [-0.05, 0) is 56.2 Å². The first-order valence-corrected chi connectivity index (χ1v) is 7.34. The van der Waals surface area contributed by atoms with E-state index >= 15 is 0 Å². The van der Waals surface area contributed by atoms with Crippen molar-refractivity contribution in [3.8, 4) is 0 Å². The molecule has 2 heterocycles. The quantitative estimate of drug-likeness (QED) is 0.881. The lowest BCUT2D eigenvalue weighted by molar-refractivity contribution is 0.0374. The summed E-state index contributed by atoms with van der Waals surface area (Å²) < 4.78 is 5.37. The van der Waals surface area contributed by atoms with Crippen molar-refractivity contribution in [2.24, 2.45) is 0 Å². The van der Waals surface area contributed by atoms with Gasteiger partial charge in [-0.15, -0.1) is 0 Å². The molecule has 18 heavy (non-hydrogen) atoms. The van der Waals surface area contributed by atoms with Crippen molar-refractivity contribution in [1.82, 2.24) is 9.88 Å². The van der Waals surface area contributed by atoms with E-state index in [1.54, 1.807) is 5.56 Å². The van der Waals surface area contributed by atoms with E-state index in [0.29, 0.717) is 0 Å². The fraction of sp³-hybridized carbons (Fsp3) is 0.733. The fourth-order valence-electron chi connectivity index (χ4n) is 3.12. The number of nitrogens with zero attached hydrogens (tertiary/aromatic N) is 1. The van der Waals surface area contributed by atoms with Gasteiger partial charge in [-0.25, -0.2) is 0 Å². The summed E-state index contributed by atoms with van der Waals surface area (Å²) in [4.78, 5) is 5.87. The Kier molecular flexibility index (Phi) is 4.01. The third kappa shape index (κ3) is 2.78. The first-order chi connectivity index (χ1) is 8.93. The van der Waals surface area contributed by atoms with Gasteiger partial charge in [0.1, 0.15) is 0 Å². The van der Waals surface area contributed by atoms with Crippen LogP contribution in [-0.2, 0) is 24.0 Å². The fourth-order valence-corrected chi connectivity index (χ4v) is 3.12. The first kappa shape index (κ1) is 12.2. The van der Waals surface area contributed by atoms with Crippen molar-refractivity contribution in [2.75, 3.05) is 32.8 Å². The number of rotatable bonds is 4. The maximum Gasteiger partial charge on any atom is 0.0660 e. The second-order valence-corrected chi connectivity index (χ2v) is 5.45. The predicted molar refractivity (Wildman–Crippen MR) is 71.9 cm³/mol. The number of morpholine rings is 1. The van der Waals surface area contributed by atoms with Crippen LogP contribution in [0.15, 0.2) is 0 Å². The van der Waals surface area contributed by atoms with Gasteiger partial charge in [0.05, 0.1) is 19.4 Å². The van der Waals surface area contributed by atoms with Crippen molar-refractivity contribution in [3.05, 3.63) is 23.0 Å². The van der Waals surface area contributed by atoms with Crippen LogP contribution in [0.2, 0.25) is 0 Å². The Morgan fingerprint density at radius 3 is 2.89 bits per heavy atom. The molecule has 0 amide bonds. The molecule has 0 saturated carbocycles. The van der Waals surface area contributed by atoms with Gasteiger partial charge >= 0.3 is 0 Å². The SMILES string of the molecule is [c]1[nH]c2c(c1CCCN1CCOCC1)CCCC2. The number of nitrogens with one attached hydrogen (secondary N) is 1. The number of fused-ring (bicyclic) bond motifs is 1. The summed E-state index contributed by atoms with van der Waals surface area (Å²) >= 11 is 0. The number of hydrogen-bond acceptors (Lipinski definition) is 2. The maximum atomic E-state index is 5.37. The average Bonchev–Trinajstić information content (AvgIpc) is 2.84. The van der Waals surface area contributed by atoms with Crippen molar-refractivity contribution in [2.45, 2.75) is 38.5 Å². The largest absolute Gasteiger partial charge is 0.379 e. The third-order valence-corrected chi connectivity index (χ3v) is 4.20. The zero-order valence-electron chi connectivity index (χ0n) is 11.1. The Labute approximate surface area is 110 Å². The molecule has 0 spiro atoms. The molecule has 1 N–H and O–H groups in total. The molecule has 3 rings (SSSR count). The van der Waals surface area contributed by atoms with Gasteiger partial charge in [-0.2, -0.15) is 0 Å². The Bertz CT molecular complexity index is 380. The van der Waals surface area contributed by atoms with Gasteiger partial charge in [0.15, 0.2) is 0 Å². The topological polar surface area (TPSA) is 28.3 Å². The van der Waals surface area contributed by atoms with E-state index in [1.807, 2.05) is 0 Å². The smallest absolute Gasteiger partial charge is 0.0660 e. The molecule has 1 aliphatic carbocycles. The molecule has 0 unspecified atom stereocenters. The van der Waals surface area contributed by atoms with Crippen LogP contribution in [-0.4, -0.2) is 42.7 Å². The summed E-state index contributed by atoms with van der Waals surface area (Å²) in [5.41, 5.74) is 4.50. The van der Waals surface area contributed by atoms with E-state index in [1.165, 1.54) is 56.3 Å². The second-order valence-electron chi connectivity index (χ2n) is 5.45. The molecule has 3 nitrogen and oxygen atoms in total. The molecule has 1 radical (unpaired) electrons. The summed E-state index contributed by atoms with van der Waals surface area (Å²) in [6.07, 6.45) is 11.0. The van der Waals surface area contributed by atoms with Crippen molar-refractivity contribution in [1.29, 1.82) is 0 Å². The number of hydrogen-bond donors (Lipinski definition) is 1. The number of aromatic amines is 1. The standard InChI is InChI=1S/C15H23N2O/c1-2-6-15-14(5-1)13(12-16-15)4-3-7-17-8-10-18-11-9-17/h16H,1-11H2. The highest BCUT2D eigenvalue weighted by Gasteiger charge is 2.16. The van der Waals surface area contributed by atoms with Crippen molar-refractivity contribution < 1.29 is 4.74 Å². The number of aromatic nitrogens is 1. The zero-order valence-corrected chi connectivity index (χ0v) is 11.1. The van der Waals surface area contributed by atoms with Crippen LogP contribution < -0.4 is 0 Å². The minimum atomic E-state index is 0.908. The minimum Gasteiger partial charge on any atom is -0.379 e. The molecule has 0 atom stereocenters. The van der Waals surface area contributed by atoms with Crippen LogP contribution in [0.5, 0.6) is 0 Å². The summed E-state index contributed by atoms with van der Waals surface area (Å²) in [7, 11) is 0. The highest BCUT2D eigenvalue weighted by Crippen LogP contribution is 2.24. The Morgan fingerprint density at radius 1 is 1.17 bits per heavy atom. The molecule has 1 aromatic rings. The van der Waals surface area contributed by atoms with Crippen LogP contribution in [0.3, 0.4) is 0 Å². The number of ether oxygens (including phenoxy) is 1. The van der Waals surface area contributed by atoms with Crippen LogP contribution in [0.1, 0.15) is 36.1 Å². The highest BCUT2D eigenvalue weighted by atomic mass is 16.5. The van der Waals surface area contributed by atoms with Crippen molar-refractivity contribution in [3.63, 3.8) is 0 Å². The Balaban J connectivity index is 1.49. The summed E-state index contributed by atoms with van der Waals surface area (Å²) in [5.74, 6) is 0. The van der Waals surface area contributed by atoms with Crippen LogP contribution in [0.4, 0.5) is 0 Å². The van der Waals surface area contributed by atoms with Gasteiger partial charge in [0, 0.05) is 18.8 Å². The van der Waals surface area contributed by atoms with E-state index in [4.69, 9.17) is 4.74 Å². The Hall–Kier alpha value is -0.800. The van der Waals surface area contributed by atoms with Crippen LogP contribution in [0, 0.1) is 6.20 Å². The molecule has 2 aliphatic rings. The van der Waals surface area contributed by atoms with Crippen LogP contribution >= 0.6 is 0 Å². The normalized spacial score (nSPS) is 20.9. The maximum absolute atomic E-state index is 5.37. The molecule has 3 heteroatoms. The zero-order chi connectivity index (χ0) is 12.2. The molecule has 1 aromatic heterocycles. The Morgan fingerprint density at radius 2 is 2.00 bits per heavy atom. The number of H-pyrrole nitrogens is 1. The van der Waals surface area contributed by atoms with E-state index in [0.717, 1.165) is 26.3 Å². The van der Waals surface area contributed by atoms with E-state index in [-0.39, 0.29) is 0 Å². The molecule has 1 aliphatic heterocycles. The monoisotopic (exact) mass is 247 g/mol. The van der Waals surface area contributed by atoms with E-state index in [9.17, 15) is 0 Å². The lowest BCUT2D eigenvalue weighted by atomic mass is 9.93. The molecule has 1 fully saturated rings. The molecule has 0 aromatic carbocycles. The molecule has 1 saturated heterocycles. The minimum absolute atomic E-state index is 0.908. The summed E-state index contributed by atoms with van der Waals surface area (Å²) in [6.45, 7) is 5.23. The highest BCUT2D eigenvalue weighted by molar-refractivity contribution is 5.32. The van der Waals surface area contributed by atoms with Crippen molar-refractivity contribution >= 4 is 0 Å². The van der Waals surface area contributed by atoms with Crippen LogP contribution in [0.25, 0.3) is 0 Å². The summed E-state index contributed by atoms with van der Waals surface area (Å²) in [6, 6.07) is 0. The van der Waals surface area contributed by atoms with Gasteiger partial charge in [-0.3, -0.25) is 4.90 Å². The lowest BCUT2D eigenvalue weighted by Gasteiger charge is -2.26. The third-order valence-electron chi connectivity index (χ3n) is 4.20. The van der Waals surface area contributed by atoms with Gasteiger partial charge in [0.25, 0.3) is 0 Å². The number of aryl methyl sites for hydroxylation is 2. The average molecular weight is 247 g/mol. The van der Waals surface area contributed by atoms with Gasteiger partial charge in [0.2, 0.25) is 0 Å². The summed E-state index contributed by atoms with van der Waals surface area (Å²) in [5, 5.41) is 0. The van der Waals surface area contributed by atoms with E-state index < -0.39 is 0 Å². The molecule has 99 valence electrons. The second kappa shape index (κ2) is 5.89.